The molecule has 0 saturated carbocycles. The van der Waals surface area contributed by atoms with Gasteiger partial charge in [0.25, 0.3) is 0 Å². The van der Waals surface area contributed by atoms with Gasteiger partial charge in [0.15, 0.2) is 17.3 Å². The maximum atomic E-state index is 12.5. The lowest BCUT2D eigenvalue weighted by Crippen LogP contribution is -2.16. The lowest BCUT2D eigenvalue weighted by atomic mass is 10.0. The van der Waals surface area contributed by atoms with E-state index in [2.05, 4.69) is 36.6 Å². The molecular weight excluding hydrogens is 488 g/mol. The van der Waals surface area contributed by atoms with Gasteiger partial charge in [-0.1, -0.05) is 22.9 Å². The van der Waals surface area contributed by atoms with Gasteiger partial charge in [-0.25, -0.2) is 0 Å². The van der Waals surface area contributed by atoms with E-state index >= 15 is 0 Å². The van der Waals surface area contributed by atoms with Crippen molar-refractivity contribution >= 4 is 65.0 Å². The monoisotopic (exact) mass is 506 g/mol. The minimum Gasteiger partial charge on any atom is -0.493 e. The van der Waals surface area contributed by atoms with Gasteiger partial charge in [0.1, 0.15) is 0 Å². The largest absolute Gasteiger partial charge is 0.493 e. The van der Waals surface area contributed by atoms with Crippen LogP contribution in [0, 0.1) is 5.92 Å². The number of carbonyl (C=O) groups excluding carboxylic acids is 2. The van der Waals surface area contributed by atoms with Crippen molar-refractivity contribution in [2.45, 2.75) is 19.8 Å². The standard InChI is InChI=1S/C18H20Br2O5S/c1-10(18(22)24-3)7-12(21)15-8-11-14(26-15)9-13(23-2)17(16(11)20)25-6-4-5-19/h8-10H,4-7H2,1-3H3/t10-/m0/s1. The molecule has 5 nitrogen and oxygen atoms in total. The van der Waals surface area contributed by atoms with E-state index in [0.29, 0.717) is 23.0 Å². The van der Waals surface area contributed by atoms with E-state index in [0.717, 1.165) is 26.3 Å². The van der Waals surface area contributed by atoms with Crippen LogP contribution in [0.15, 0.2) is 16.6 Å². The van der Waals surface area contributed by atoms with Crippen molar-refractivity contribution in [2.24, 2.45) is 5.92 Å². The van der Waals surface area contributed by atoms with E-state index in [1.807, 2.05) is 12.1 Å². The second-order valence-corrected chi connectivity index (χ2v) is 8.36. The second kappa shape index (κ2) is 9.71. The van der Waals surface area contributed by atoms with Crippen LogP contribution in [0.25, 0.3) is 10.1 Å². The number of carbonyl (C=O) groups is 2. The Labute approximate surface area is 173 Å². The van der Waals surface area contributed by atoms with Gasteiger partial charge in [-0.05, 0) is 28.4 Å². The predicted molar refractivity (Wildman–Crippen MR) is 110 cm³/mol. The molecule has 0 radical (unpaired) electrons. The summed E-state index contributed by atoms with van der Waals surface area (Å²) in [6, 6.07) is 3.70. The molecule has 1 aromatic carbocycles. The van der Waals surface area contributed by atoms with Crippen molar-refractivity contribution in [2.75, 3.05) is 26.2 Å². The van der Waals surface area contributed by atoms with Gasteiger partial charge in [-0.3, -0.25) is 9.59 Å². The summed E-state index contributed by atoms with van der Waals surface area (Å²) in [5.74, 6) is 0.295. The normalized spacial score (nSPS) is 12.0. The highest BCUT2D eigenvalue weighted by atomic mass is 79.9. The summed E-state index contributed by atoms with van der Waals surface area (Å²) in [5, 5.41) is 1.74. The average molecular weight is 508 g/mol. The van der Waals surface area contributed by atoms with Crippen molar-refractivity contribution in [3.63, 3.8) is 0 Å². The summed E-state index contributed by atoms with van der Waals surface area (Å²) < 4.78 is 17.6. The molecule has 1 heterocycles. The maximum absolute atomic E-state index is 12.5. The van der Waals surface area contributed by atoms with Crippen LogP contribution in [0.3, 0.4) is 0 Å². The van der Waals surface area contributed by atoms with Gasteiger partial charge >= 0.3 is 5.97 Å². The molecule has 1 atom stereocenters. The number of alkyl halides is 1. The number of thiophene rings is 1. The zero-order valence-corrected chi connectivity index (χ0v) is 18.8. The molecule has 2 rings (SSSR count). The summed E-state index contributed by atoms with van der Waals surface area (Å²) in [4.78, 5) is 24.7. The van der Waals surface area contributed by atoms with Crippen molar-refractivity contribution in [1.82, 2.24) is 0 Å². The molecule has 8 heteroatoms. The van der Waals surface area contributed by atoms with Gasteiger partial charge in [0, 0.05) is 27.9 Å². The molecule has 0 aliphatic rings. The van der Waals surface area contributed by atoms with Gasteiger partial charge < -0.3 is 14.2 Å². The third-order valence-corrected chi connectivity index (χ3v) is 6.27. The number of fused-ring (bicyclic) bond motifs is 1. The first kappa shape index (κ1) is 21.2. The minimum atomic E-state index is -0.473. The van der Waals surface area contributed by atoms with E-state index in [1.165, 1.54) is 18.4 Å². The molecule has 0 saturated heterocycles. The number of hydrogen-bond acceptors (Lipinski definition) is 6. The van der Waals surface area contributed by atoms with E-state index in [9.17, 15) is 9.59 Å². The number of ether oxygens (including phenoxy) is 3. The molecule has 2 aromatic rings. The SMILES string of the molecule is COC(=O)[C@@H](C)CC(=O)c1cc2c(Br)c(OCCCBr)c(OC)cc2s1. The first-order valence-corrected chi connectivity index (χ1v) is 10.8. The maximum Gasteiger partial charge on any atom is 0.308 e. The van der Waals surface area contributed by atoms with Crippen molar-refractivity contribution < 1.29 is 23.8 Å². The van der Waals surface area contributed by atoms with Crippen molar-refractivity contribution in [3.8, 4) is 11.5 Å². The molecule has 0 aliphatic carbocycles. The fraction of sp³-hybridized carbons (Fsp3) is 0.444. The lowest BCUT2D eigenvalue weighted by Gasteiger charge is -2.12. The highest BCUT2D eigenvalue weighted by molar-refractivity contribution is 9.10. The Kier molecular flexibility index (Phi) is 7.91. The molecule has 26 heavy (non-hydrogen) atoms. The molecule has 0 unspecified atom stereocenters. The van der Waals surface area contributed by atoms with Crippen LogP contribution in [0.1, 0.15) is 29.4 Å². The van der Waals surface area contributed by atoms with Crippen LogP contribution in [0.5, 0.6) is 11.5 Å². The number of halogens is 2. The Morgan fingerprint density at radius 3 is 2.62 bits per heavy atom. The lowest BCUT2D eigenvalue weighted by molar-refractivity contribution is -0.144. The van der Waals surface area contributed by atoms with Gasteiger partial charge in [-0.15, -0.1) is 11.3 Å². The number of esters is 1. The summed E-state index contributed by atoms with van der Waals surface area (Å²) in [6.45, 7) is 2.24. The molecule has 1 aromatic heterocycles. The second-order valence-electron chi connectivity index (χ2n) is 5.69. The Morgan fingerprint density at radius 1 is 1.27 bits per heavy atom. The highest BCUT2D eigenvalue weighted by Crippen LogP contribution is 2.44. The van der Waals surface area contributed by atoms with Crippen molar-refractivity contribution in [3.05, 3.63) is 21.5 Å². The van der Waals surface area contributed by atoms with Gasteiger partial charge in [0.05, 0.1) is 36.1 Å². The zero-order chi connectivity index (χ0) is 19.3. The molecule has 0 bridgehead atoms. The Hall–Kier alpha value is -1.12. The van der Waals surface area contributed by atoms with Crippen LogP contribution in [-0.2, 0) is 9.53 Å². The highest BCUT2D eigenvalue weighted by Gasteiger charge is 2.22. The van der Waals surface area contributed by atoms with E-state index < -0.39 is 5.92 Å². The first-order valence-electron chi connectivity index (χ1n) is 8.02. The average Bonchev–Trinajstić information content (AvgIpc) is 3.07. The van der Waals surface area contributed by atoms with E-state index in [4.69, 9.17) is 9.47 Å². The number of benzene rings is 1. The quantitative estimate of drug-likeness (QED) is 0.201. The smallest absolute Gasteiger partial charge is 0.308 e. The molecular formula is C18H20Br2O5S. The summed E-state index contributed by atoms with van der Waals surface area (Å²) in [5.41, 5.74) is 0. The summed E-state index contributed by atoms with van der Waals surface area (Å²) in [6.07, 6.45) is 0.981. The Morgan fingerprint density at radius 2 is 2.00 bits per heavy atom. The molecule has 142 valence electrons. The third kappa shape index (κ3) is 4.78. The topological polar surface area (TPSA) is 61.8 Å². The number of rotatable bonds is 9. The van der Waals surface area contributed by atoms with Gasteiger partial charge in [-0.2, -0.15) is 0 Å². The third-order valence-electron chi connectivity index (χ3n) is 3.80. The molecule has 0 spiro atoms. The summed E-state index contributed by atoms with van der Waals surface area (Å²) in [7, 11) is 2.91. The Balaban J connectivity index is 2.33. The minimum absolute atomic E-state index is 0.0864. The van der Waals surface area contributed by atoms with Crippen LogP contribution in [0.4, 0.5) is 0 Å². The summed E-state index contributed by atoms with van der Waals surface area (Å²) >= 11 is 8.33. The number of Topliss-reactive ketones (excluding diaryl/α,β-unsaturated/α-hetero) is 1. The number of methoxy groups -OCH3 is 2. The Bertz CT molecular complexity index is 802. The van der Waals surface area contributed by atoms with E-state index in [1.54, 1.807) is 14.0 Å². The molecule has 0 N–H and O–H groups in total. The van der Waals surface area contributed by atoms with Crippen LogP contribution in [0.2, 0.25) is 0 Å². The molecule has 0 amide bonds. The van der Waals surface area contributed by atoms with E-state index in [-0.39, 0.29) is 18.2 Å². The number of ketones is 1. The predicted octanol–water partition coefficient (Wildman–Crippen LogP) is 5.22. The zero-order valence-electron chi connectivity index (χ0n) is 14.8. The fourth-order valence-electron chi connectivity index (χ4n) is 2.41. The molecule has 0 fully saturated rings. The van der Waals surface area contributed by atoms with Gasteiger partial charge in [0.2, 0.25) is 0 Å². The first-order chi connectivity index (χ1) is 12.4. The van der Waals surface area contributed by atoms with Crippen molar-refractivity contribution in [1.29, 1.82) is 0 Å². The number of hydrogen-bond donors (Lipinski definition) is 0. The van der Waals surface area contributed by atoms with Crippen LogP contribution >= 0.6 is 43.2 Å². The molecule has 0 aliphatic heterocycles. The fourth-order valence-corrected chi connectivity index (χ4v) is 4.46. The van der Waals surface area contributed by atoms with Crippen LogP contribution in [-0.4, -0.2) is 37.9 Å². The van der Waals surface area contributed by atoms with Crippen LogP contribution < -0.4 is 9.47 Å².